The first kappa shape index (κ1) is 36.6. The number of unbranched alkanes of at least 4 members (excludes halogenated alkanes) is 1. The van der Waals surface area contributed by atoms with Gasteiger partial charge in [0.05, 0.1) is 16.6 Å². The van der Waals surface area contributed by atoms with Gasteiger partial charge in [0.2, 0.25) is 15.9 Å². The maximum Gasteiger partial charge on any atom is 0.414 e. The lowest BCUT2D eigenvalue weighted by atomic mass is 10.0. The molecule has 0 aromatic heterocycles. The van der Waals surface area contributed by atoms with Crippen molar-refractivity contribution in [2.75, 3.05) is 18.5 Å². The molecular weight excluding hydrogens is 653 g/mol. The minimum Gasteiger partial charge on any atom is -0.476 e. The van der Waals surface area contributed by atoms with Gasteiger partial charge in [0.15, 0.2) is 0 Å². The second kappa shape index (κ2) is 17.8. The Labute approximate surface area is 284 Å². The Bertz CT molecular complexity index is 1800. The number of carboxylic acid groups (broad SMARTS) is 1. The Balaban J connectivity index is 1.57. The zero-order chi connectivity index (χ0) is 35.2. The molecule has 2 atom stereocenters. The van der Waals surface area contributed by atoms with Gasteiger partial charge in [0, 0.05) is 20.0 Å². The van der Waals surface area contributed by atoms with E-state index >= 15 is 0 Å². The fraction of sp³-hybridized carbons (Fsp3) is 0.250. The van der Waals surface area contributed by atoms with Crippen molar-refractivity contribution in [1.29, 1.82) is 0 Å². The number of nitrogens with zero attached hydrogens (tertiary/aromatic N) is 1. The number of aryl methyl sites for hydroxylation is 1. The van der Waals surface area contributed by atoms with Crippen LogP contribution < -0.4 is 19.7 Å². The molecule has 0 saturated carbocycles. The number of rotatable bonds is 17. The monoisotopic (exact) mass is 691 g/mol. The average Bonchev–Trinajstić information content (AvgIpc) is 3.11. The highest BCUT2D eigenvalue weighted by Crippen LogP contribution is 2.34. The normalized spacial score (nSPS) is 12.4. The second-order valence-corrected chi connectivity index (χ2v) is 12.8. The van der Waals surface area contributed by atoms with Gasteiger partial charge in [-0.15, -0.1) is 0 Å². The Morgan fingerprint density at radius 3 is 2.10 bits per heavy atom. The Morgan fingerprint density at radius 2 is 1.47 bits per heavy atom. The molecule has 0 fully saturated rings. The van der Waals surface area contributed by atoms with Crippen molar-refractivity contribution in [2.24, 2.45) is 0 Å². The van der Waals surface area contributed by atoms with Crippen LogP contribution in [0.25, 0.3) is 0 Å². The van der Waals surface area contributed by atoms with E-state index in [0.29, 0.717) is 18.5 Å². The molecule has 4 aromatic rings. The number of nitrogens with one attached hydrogen (secondary N) is 2. The van der Waals surface area contributed by atoms with Crippen molar-refractivity contribution in [3.05, 3.63) is 126 Å². The zero-order valence-corrected chi connectivity index (χ0v) is 27.6. The Kier molecular flexibility index (Phi) is 13.3. The first-order valence-corrected chi connectivity index (χ1v) is 17.0. The summed E-state index contributed by atoms with van der Waals surface area (Å²) in [7, 11) is -2.84. The minimum atomic E-state index is -4.15. The van der Waals surface area contributed by atoms with E-state index in [-0.39, 0.29) is 34.9 Å². The van der Waals surface area contributed by atoms with E-state index in [1.807, 2.05) is 30.3 Å². The Hall–Kier alpha value is -5.27. The fourth-order valence-corrected chi connectivity index (χ4v) is 6.10. The molecule has 258 valence electrons. The summed E-state index contributed by atoms with van der Waals surface area (Å²) in [5.41, 5.74) is 1.98. The van der Waals surface area contributed by atoms with Gasteiger partial charge in [-0.05, 0) is 60.2 Å². The van der Waals surface area contributed by atoms with Crippen LogP contribution in [-0.4, -0.2) is 51.4 Å². The lowest BCUT2D eigenvalue weighted by molar-refractivity contribution is -0.153. The highest BCUT2D eigenvalue weighted by atomic mass is 32.2. The minimum absolute atomic E-state index is 0.0372. The highest BCUT2D eigenvalue weighted by Gasteiger charge is 2.28. The summed E-state index contributed by atoms with van der Waals surface area (Å²) in [5, 5.41) is 11.9. The molecule has 11 nitrogen and oxygen atoms in total. The number of carbonyl (C=O) groups excluding carboxylic acids is 2. The van der Waals surface area contributed by atoms with Crippen molar-refractivity contribution in [1.82, 2.24) is 10.0 Å². The number of alkyl halides is 1. The number of hydrogen-bond donors (Lipinski definition) is 3. The van der Waals surface area contributed by atoms with E-state index < -0.39 is 40.4 Å². The molecule has 0 aliphatic heterocycles. The van der Waals surface area contributed by atoms with E-state index in [4.69, 9.17) is 14.6 Å². The van der Waals surface area contributed by atoms with Crippen LogP contribution in [0.1, 0.15) is 42.0 Å². The maximum atomic E-state index is 14.2. The number of amides is 2. The largest absolute Gasteiger partial charge is 0.476 e. The molecular formula is C36H38FN3O8S. The van der Waals surface area contributed by atoms with Gasteiger partial charge in [-0.2, -0.15) is 4.39 Å². The van der Waals surface area contributed by atoms with Gasteiger partial charge in [-0.3, -0.25) is 9.69 Å². The SMILES string of the molecule is CN(C(=O)OCc1ccccc1)c1cc(C(CC(=O)NCCCCc2ccccc2)NS(=O)(=O)c2ccccc2)ccc1OC(F)C(=O)O. The van der Waals surface area contributed by atoms with Crippen molar-refractivity contribution < 1.29 is 41.8 Å². The number of ether oxygens (including phenoxy) is 2. The molecule has 2 unspecified atom stereocenters. The van der Waals surface area contributed by atoms with Gasteiger partial charge in [0.25, 0.3) is 0 Å². The third-order valence-corrected chi connectivity index (χ3v) is 8.94. The summed E-state index contributed by atoms with van der Waals surface area (Å²) < 4.78 is 54.0. The number of halogens is 1. The predicted molar refractivity (Wildman–Crippen MR) is 181 cm³/mol. The molecule has 0 saturated heterocycles. The van der Waals surface area contributed by atoms with E-state index in [9.17, 15) is 27.2 Å². The summed E-state index contributed by atoms with van der Waals surface area (Å²) in [4.78, 5) is 38.4. The first-order valence-electron chi connectivity index (χ1n) is 15.5. The van der Waals surface area contributed by atoms with Crippen LogP contribution in [0.4, 0.5) is 14.9 Å². The van der Waals surface area contributed by atoms with Crippen molar-refractivity contribution in [3.8, 4) is 5.75 Å². The van der Waals surface area contributed by atoms with Gasteiger partial charge in [-0.1, -0.05) is 84.9 Å². The summed E-state index contributed by atoms with van der Waals surface area (Å²) in [6.07, 6.45) is -1.60. The van der Waals surface area contributed by atoms with Gasteiger partial charge >= 0.3 is 18.4 Å². The molecule has 0 bridgehead atoms. The molecule has 0 radical (unpaired) electrons. The smallest absolute Gasteiger partial charge is 0.414 e. The summed E-state index contributed by atoms with van der Waals surface area (Å²) >= 11 is 0. The number of sulfonamides is 1. The molecule has 2 amide bonds. The first-order chi connectivity index (χ1) is 23.5. The molecule has 0 heterocycles. The lowest BCUT2D eigenvalue weighted by Gasteiger charge is -2.24. The van der Waals surface area contributed by atoms with Crippen LogP contribution in [0.15, 0.2) is 114 Å². The second-order valence-electron chi connectivity index (χ2n) is 11.1. The summed E-state index contributed by atoms with van der Waals surface area (Å²) in [5.74, 6) is -2.66. The van der Waals surface area contributed by atoms with Crippen LogP contribution in [0.3, 0.4) is 0 Å². The highest BCUT2D eigenvalue weighted by molar-refractivity contribution is 7.89. The third-order valence-electron chi connectivity index (χ3n) is 7.45. The van der Waals surface area contributed by atoms with Crippen LogP contribution in [0, 0.1) is 0 Å². The quantitative estimate of drug-likeness (QED) is 0.118. The molecule has 4 rings (SSSR count). The van der Waals surface area contributed by atoms with E-state index in [1.54, 1.807) is 48.5 Å². The summed E-state index contributed by atoms with van der Waals surface area (Å²) in [6, 6.07) is 29.1. The van der Waals surface area contributed by atoms with Gasteiger partial charge < -0.3 is 19.9 Å². The van der Waals surface area contributed by atoms with Crippen molar-refractivity contribution in [3.63, 3.8) is 0 Å². The van der Waals surface area contributed by atoms with Gasteiger partial charge in [-0.25, -0.2) is 22.7 Å². The third kappa shape index (κ3) is 11.2. The molecule has 0 aliphatic rings. The van der Waals surface area contributed by atoms with E-state index in [0.717, 1.165) is 17.7 Å². The van der Waals surface area contributed by atoms with E-state index in [1.165, 1.54) is 42.9 Å². The number of hydrogen-bond acceptors (Lipinski definition) is 7. The molecule has 49 heavy (non-hydrogen) atoms. The number of carboxylic acids is 1. The molecule has 0 aliphatic carbocycles. The molecule has 13 heteroatoms. The molecule has 0 spiro atoms. The van der Waals surface area contributed by atoms with Crippen LogP contribution in [0.2, 0.25) is 0 Å². The topological polar surface area (TPSA) is 151 Å². The van der Waals surface area contributed by atoms with Crippen molar-refractivity contribution in [2.45, 2.75) is 49.6 Å². The lowest BCUT2D eigenvalue weighted by Crippen LogP contribution is -2.34. The standard InChI is InChI=1S/C36H38FN3O8S/c1-40(36(44)47-25-27-16-7-3-8-17-27)31-23-28(20-21-32(31)48-34(37)35(42)43)30(39-49(45,46)29-18-9-4-10-19-29)24-33(41)38-22-12-11-15-26-13-5-2-6-14-26/h2-10,13-14,16-21,23,30,34,39H,11-12,15,22,24-25H2,1H3,(H,38,41)(H,42,43). The number of benzene rings is 4. The zero-order valence-electron chi connectivity index (χ0n) is 26.8. The predicted octanol–water partition coefficient (Wildman–Crippen LogP) is 5.77. The van der Waals surface area contributed by atoms with Crippen LogP contribution in [0.5, 0.6) is 5.75 Å². The average molecular weight is 692 g/mol. The molecule has 4 aromatic carbocycles. The summed E-state index contributed by atoms with van der Waals surface area (Å²) in [6.45, 7) is 0.274. The number of aliphatic carboxylic acids is 1. The molecule has 3 N–H and O–H groups in total. The van der Waals surface area contributed by atoms with Crippen molar-refractivity contribution >= 4 is 33.7 Å². The maximum absolute atomic E-state index is 14.2. The van der Waals surface area contributed by atoms with Crippen LogP contribution >= 0.6 is 0 Å². The number of carbonyl (C=O) groups is 3. The Morgan fingerprint density at radius 1 is 0.857 bits per heavy atom. The van der Waals surface area contributed by atoms with Gasteiger partial charge in [0.1, 0.15) is 12.4 Å². The van der Waals surface area contributed by atoms with Crippen LogP contribution in [-0.2, 0) is 37.4 Å². The number of anilines is 1. The van der Waals surface area contributed by atoms with E-state index in [2.05, 4.69) is 10.0 Å². The fourth-order valence-electron chi connectivity index (χ4n) is 4.86.